The quantitative estimate of drug-likeness (QED) is 0.926. The zero-order valence-corrected chi connectivity index (χ0v) is 13.5. The number of benzene rings is 1. The van der Waals surface area contributed by atoms with Crippen molar-refractivity contribution in [1.29, 1.82) is 0 Å². The minimum atomic E-state index is -0.160. The van der Waals surface area contributed by atoms with Crippen molar-refractivity contribution in [2.45, 2.75) is 38.8 Å². The Hall–Kier alpha value is -0.970. The number of nitrogens with two attached hydrogens (primary N) is 1. The van der Waals surface area contributed by atoms with E-state index in [1.807, 2.05) is 12.1 Å². The van der Waals surface area contributed by atoms with Gasteiger partial charge in [0.1, 0.15) is 5.82 Å². The van der Waals surface area contributed by atoms with E-state index in [9.17, 15) is 4.39 Å². The molecule has 0 bridgehead atoms. The molecule has 1 aromatic rings. The third-order valence-electron chi connectivity index (χ3n) is 4.54. The molecule has 1 aliphatic rings. The zero-order chi connectivity index (χ0) is 15.4. The number of rotatable bonds is 4. The van der Waals surface area contributed by atoms with E-state index in [1.54, 1.807) is 13.0 Å². The number of likely N-dealkylation sites (N-methyl/N-ethyl adjacent to an activating group) is 1. The first-order chi connectivity index (χ1) is 9.97. The minimum absolute atomic E-state index is 0.0896. The molecular formula is C17H28FN3. The fourth-order valence-electron chi connectivity index (χ4n) is 3.07. The zero-order valence-electron chi connectivity index (χ0n) is 13.5. The number of halogens is 1. The van der Waals surface area contributed by atoms with Crippen LogP contribution in [0.2, 0.25) is 0 Å². The van der Waals surface area contributed by atoms with Gasteiger partial charge in [0.05, 0.1) is 0 Å². The van der Waals surface area contributed by atoms with Crippen molar-refractivity contribution in [1.82, 2.24) is 9.80 Å². The van der Waals surface area contributed by atoms with Gasteiger partial charge in [0.25, 0.3) is 0 Å². The molecule has 4 heteroatoms. The monoisotopic (exact) mass is 293 g/mol. The highest BCUT2D eigenvalue weighted by molar-refractivity contribution is 5.25. The van der Waals surface area contributed by atoms with Gasteiger partial charge in [-0.25, -0.2) is 4.39 Å². The van der Waals surface area contributed by atoms with E-state index >= 15 is 0 Å². The largest absolute Gasteiger partial charge is 0.324 e. The smallest absolute Gasteiger partial charge is 0.126 e. The Morgan fingerprint density at radius 2 is 2.14 bits per heavy atom. The first-order valence-corrected chi connectivity index (χ1v) is 7.91. The minimum Gasteiger partial charge on any atom is -0.324 e. The lowest BCUT2D eigenvalue weighted by molar-refractivity contribution is 0.196. The van der Waals surface area contributed by atoms with E-state index in [4.69, 9.17) is 5.73 Å². The van der Waals surface area contributed by atoms with Gasteiger partial charge in [-0.1, -0.05) is 12.1 Å². The van der Waals surface area contributed by atoms with Crippen LogP contribution in [0.5, 0.6) is 0 Å². The van der Waals surface area contributed by atoms with Crippen LogP contribution in [-0.2, 0) is 0 Å². The van der Waals surface area contributed by atoms with Gasteiger partial charge >= 0.3 is 0 Å². The van der Waals surface area contributed by atoms with Crippen LogP contribution in [0.3, 0.4) is 0 Å². The molecule has 0 aliphatic carbocycles. The molecule has 0 spiro atoms. The average Bonchev–Trinajstić information content (AvgIpc) is 2.60. The van der Waals surface area contributed by atoms with E-state index in [0.29, 0.717) is 11.6 Å². The standard InChI is InChI=1S/C17H28FN3/c1-13-5-6-15(11-16(13)18)17(19)7-10-21-9-4-8-20(3)12-14(21)2/h5-6,11,14,17H,4,7-10,12,19H2,1-3H3. The summed E-state index contributed by atoms with van der Waals surface area (Å²) >= 11 is 0. The molecule has 118 valence electrons. The van der Waals surface area contributed by atoms with Crippen LogP contribution < -0.4 is 5.73 Å². The molecule has 0 aromatic heterocycles. The van der Waals surface area contributed by atoms with Crippen molar-refractivity contribution in [3.05, 3.63) is 35.1 Å². The SMILES string of the molecule is Cc1ccc(C(N)CCN2CCCN(C)CC2C)cc1F. The summed E-state index contributed by atoms with van der Waals surface area (Å²) in [5.74, 6) is -0.160. The summed E-state index contributed by atoms with van der Waals surface area (Å²) < 4.78 is 13.6. The van der Waals surface area contributed by atoms with Crippen molar-refractivity contribution in [3.8, 4) is 0 Å². The maximum absolute atomic E-state index is 13.6. The van der Waals surface area contributed by atoms with E-state index < -0.39 is 0 Å². The highest BCUT2D eigenvalue weighted by atomic mass is 19.1. The summed E-state index contributed by atoms with van der Waals surface area (Å²) in [4.78, 5) is 4.90. The van der Waals surface area contributed by atoms with Crippen LogP contribution in [0.15, 0.2) is 18.2 Å². The van der Waals surface area contributed by atoms with E-state index in [2.05, 4.69) is 23.8 Å². The van der Waals surface area contributed by atoms with Crippen LogP contribution in [0, 0.1) is 12.7 Å². The third-order valence-corrected chi connectivity index (χ3v) is 4.54. The number of hydrogen-bond acceptors (Lipinski definition) is 3. The maximum atomic E-state index is 13.6. The van der Waals surface area contributed by atoms with E-state index in [-0.39, 0.29) is 11.9 Å². The van der Waals surface area contributed by atoms with Crippen molar-refractivity contribution < 1.29 is 4.39 Å². The highest BCUT2D eigenvalue weighted by Gasteiger charge is 2.20. The second-order valence-electron chi connectivity index (χ2n) is 6.40. The van der Waals surface area contributed by atoms with Gasteiger partial charge in [-0.05, 0) is 64.0 Å². The lowest BCUT2D eigenvalue weighted by Gasteiger charge is -2.28. The molecule has 2 atom stereocenters. The highest BCUT2D eigenvalue weighted by Crippen LogP contribution is 2.19. The Labute approximate surface area is 127 Å². The van der Waals surface area contributed by atoms with Crippen LogP contribution in [-0.4, -0.2) is 49.1 Å². The molecule has 0 amide bonds. The predicted octanol–water partition coefficient (Wildman–Crippen LogP) is 2.55. The summed E-state index contributed by atoms with van der Waals surface area (Å²) in [5.41, 5.74) is 7.82. The second-order valence-corrected chi connectivity index (χ2v) is 6.40. The molecule has 21 heavy (non-hydrogen) atoms. The number of nitrogens with zero attached hydrogens (tertiary/aromatic N) is 2. The summed E-state index contributed by atoms with van der Waals surface area (Å²) in [7, 11) is 2.18. The molecule has 1 aromatic carbocycles. The molecule has 2 rings (SSSR count). The van der Waals surface area contributed by atoms with Gasteiger partial charge in [-0.2, -0.15) is 0 Å². The van der Waals surface area contributed by atoms with Crippen LogP contribution in [0.25, 0.3) is 0 Å². The van der Waals surface area contributed by atoms with Gasteiger partial charge in [-0.3, -0.25) is 4.90 Å². The van der Waals surface area contributed by atoms with Crippen LogP contribution in [0.4, 0.5) is 4.39 Å². The molecule has 2 N–H and O–H groups in total. The third kappa shape index (κ3) is 4.50. The molecular weight excluding hydrogens is 265 g/mol. The Kier molecular flexibility index (Phi) is 5.73. The summed E-state index contributed by atoms with van der Waals surface area (Å²) in [6, 6.07) is 5.81. The van der Waals surface area contributed by atoms with E-state index in [0.717, 1.165) is 38.2 Å². The molecule has 1 fully saturated rings. The first-order valence-electron chi connectivity index (χ1n) is 7.91. The predicted molar refractivity (Wildman–Crippen MR) is 85.8 cm³/mol. The number of hydrogen-bond donors (Lipinski definition) is 1. The van der Waals surface area contributed by atoms with E-state index in [1.165, 1.54) is 6.42 Å². The van der Waals surface area contributed by atoms with Gasteiger partial charge in [0.15, 0.2) is 0 Å². The molecule has 3 nitrogen and oxygen atoms in total. The summed E-state index contributed by atoms with van der Waals surface area (Å²) in [6.45, 7) is 8.43. The fourth-order valence-corrected chi connectivity index (χ4v) is 3.07. The molecule has 1 heterocycles. The molecule has 2 unspecified atom stereocenters. The summed E-state index contributed by atoms with van der Waals surface area (Å²) in [5, 5.41) is 0. The number of aryl methyl sites for hydroxylation is 1. The molecule has 1 saturated heterocycles. The lowest BCUT2D eigenvalue weighted by Crippen LogP contribution is -2.39. The maximum Gasteiger partial charge on any atom is 0.126 e. The normalized spacial score (nSPS) is 23.0. The van der Waals surface area contributed by atoms with Crippen LogP contribution in [0.1, 0.15) is 36.9 Å². The summed E-state index contributed by atoms with van der Waals surface area (Å²) in [6.07, 6.45) is 2.08. The fraction of sp³-hybridized carbons (Fsp3) is 0.647. The van der Waals surface area contributed by atoms with Crippen LogP contribution >= 0.6 is 0 Å². The van der Waals surface area contributed by atoms with Crippen molar-refractivity contribution in [3.63, 3.8) is 0 Å². The Morgan fingerprint density at radius 1 is 1.38 bits per heavy atom. The van der Waals surface area contributed by atoms with Gasteiger partial charge in [0.2, 0.25) is 0 Å². The topological polar surface area (TPSA) is 32.5 Å². The van der Waals surface area contributed by atoms with Gasteiger partial charge < -0.3 is 10.6 Å². The molecule has 0 saturated carbocycles. The lowest BCUT2D eigenvalue weighted by atomic mass is 10.0. The average molecular weight is 293 g/mol. The Morgan fingerprint density at radius 3 is 2.86 bits per heavy atom. The van der Waals surface area contributed by atoms with Gasteiger partial charge in [0, 0.05) is 25.2 Å². The van der Waals surface area contributed by atoms with Crippen molar-refractivity contribution in [2.24, 2.45) is 5.73 Å². The Bertz CT molecular complexity index is 463. The van der Waals surface area contributed by atoms with Gasteiger partial charge in [-0.15, -0.1) is 0 Å². The first kappa shape index (κ1) is 16.4. The van der Waals surface area contributed by atoms with Crippen molar-refractivity contribution in [2.75, 3.05) is 33.2 Å². The second kappa shape index (κ2) is 7.34. The van der Waals surface area contributed by atoms with Crippen molar-refractivity contribution >= 4 is 0 Å². The molecule has 1 aliphatic heterocycles. The Balaban J connectivity index is 1.90. The molecule has 0 radical (unpaired) electrons.